The van der Waals surface area contributed by atoms with Crippen LogP contribution in [-0.4, -0.2) is 27.4 Å². The molecule has 9 nitrogen and oxygen atoms in total. The molecule has 33 heavy (non-hydrogen) atoms. The van der Waals surface area contributed by atoms with Gasteiger partial charge in [-0.2, -0.15) is 0 Å². The topological polar surface area (TPSA) is 119 Å². The summed E-state index contributed by atoms with van der Waals surface area (Å²) in [5, 5.41) is 17.9. The Morgan fingerprint density at radius 2 is 2.06 bits per heavy atom. The van der Waals surface area contributed by atoms with Gasteiger partial charge in [0.15, 0.2) is 5.13 Å². The SMILES string of the molecule is CCOc1ccc2nc(NC(=O)c3ccc(NC(C)c4ccccn4)c([N+](=O)[O-])c3)sc2c1. The van der Waals surface area contributed by atoms with Crippen LogP contribution >= 0.6 is 11.3 Å². The van der Waals surface area contributed by atoms with Crippen molar-refractivity contribution in [1.82, 2.24) is 9.97 Å². The number of amides is 1. The molecular formula is C23H21N5O4S. The van der Waals surface area contributed by atoms with Gasteiger partial charge in [0.25, 0.3) is 11.6 Å². The molecular weight excluding hydrogens is 442 g/mol. The van der Waals surface area contributed by atoms with E-state index in [2.05, 4.69) is 20.6 Å². The minimum absolute atomic E-state index is 0.159. The highest BCUT2D eigenvalue weighted by Gasteiger charge is 2.20. The average Bonchev–Trinajstić information content (AvgIpc) is 3.21. The van der Waals surface area contributed by atoms with Crippen LogP contribution in [0.15, 0.2) is 60.8 Å². The van der Waals surface area contributed by atoms with Crippen LogP contribution in [-0.2, 0) is 0 Å². The largest absolute Gasteiger partial charge is 0.494 e. The number of nitrogens with zero attached hydrogens (tertiary/aromatic N) is 3. The van der Waals surface area contributed by atoms with Crippen LogP contribution in [0.4, 0.5) is 16.5 Å². The fraction of sp³-hybridized carbons (Fsp3) is 0.174. The lowest BCUT2D eigenvalue weighted by Gasteiger charge is -2.15. The molecule has 0 radical (unpaired) electrons. The van der Waals surface area contributed by atoms with Crippen molar-refractivity contribution in [2.45, 2.75) is 19.9 Å². The summed E-state index contributed by atoms with van der Waals surface area (Å²) in [6.07, 6.45) is 1.66. The lowest BCUT2D eigenvalue weighted by atomic mass is 10.1. The van der Waals surface area contributed by atoms with E-state index in [1.807, 2.05) is 44.2 Å². The zero-order valence-corrected chi connectivity index (χ0v) is 18.8. The van der Waals surface area contributed by atoms with Crippen molar-refractivity contribution >= 4 is 44.0 Å². The summed E-state index contributed by atoms with van der Waals surface area (Å²) < 4.78 is 6.36. The first kappa shape index (κ1) is 22.2. The van der Waals surface area contributed by atoms with E-state index in [9.17, 15) is 14.9 Å². The lowest BCUT2D eigenvalue weighted by molar-refractivity contribution is -0.384. The molecule has 0 spiro atoms. The Balaban J connectivity index is 1.53. The molecule has 0 aliphatic heterocycles. The maximum absolute atomic E-state index is 12.8. The van der Waals surface area contributed by atoms with E-state index in [1.54, 1.807) is 12.3 Å². The number of nitro benzene ring substituents is 1. The number of thiazole rings is 1. The minimum atomic E-state index is -0.517. The predicted octanol–water partition coefficient (Wildman–Crippen LogP) is 5.42. The fourth-order valence-corrected chi connectivity index (χ4v) is 4.16. The van der Waals surface area contributed by atoms with Crippen LogP contribution in [0.25, 0.3) is 10.2 Å². The van der Waals surface area contributed by atoms with Gasteiger partial charge in [-0.3, -0.25) is 25.2 Å². The number of pyridine rings is 1. The van der Waals surface area contributed by atoms with Crippen molar-refractivity contribution in [3.8, 4) is 5.75 Å². The molecule has 1 atom stereocenters. The van der Waals surface area contributed by atoms with Crippen LogP contribution < -0.4 is 15.4 Å². The van der Waals surface area contributed by atoms with E-state index >= 15 is 0 Å². The number of carbonyl (C=O) groups is 1. The summed E-state index contributed by atoms with van der Waals surface area (Å²) in [5.74, 6) is 0.247. The Morgan fingerprint density at radius 1 is 1.21 bits per heavy atom. The number of nitrogens with one attached hydrogen (secondary N) is 2. The van der Waals surface area contributed by atoms with Gasteiger partial charge in [-0.15, -0.1) is 0 Å². The highest BCUT2D eigenvalue weighted by molar-refractivity contribution is 7.22. The monoisotopic (exact) mass is 463 g/mol. The number of ether oxygens (including phenoxy) is 1. The molecule has 0 saturated carbocycles. The third-order valence-electron chi connectivity index (χ3n) is 4.85. The number of anilines is 2. The van der Waals surface area contributed by atoms with E-state index in [0.717, 1.165) is 21.7 Å². The Morgan fingerprint density at radius 3 is 2.79 bits per heavy atom. The maximum Gasteiger partial charge on any atom is 0.293 e. The molecule has 4 rings (SSSR count). The van der Waals surface area contributed by atoms with E-state index in [-0.39, 0.29) is 17.3 Å². The Labute approximate surface area is 193 Å². The van der Waals surface area contributed by atoms with Gasteiger partial charge in [0.1, 0.15) is 11.4 Å². The van der Waals surface area contributed by atoms with Crippen LogP contribution in [0, 0.1) is 10.1 Å². The fourth-order valence-electron chi connectivity index (χ4n) is 3.27. The summed E-state index contributed by atoms with van der Waals surface area (Å²) in [6.45, 7) is 4.32. The summed E-state index contributed by atoms with van der Waals surface area (Å²) in [6, 6.07) is 15.0. The van der Waals surface area contributed by atoms with Gasteiger partial charge in [-0.05, 0) is 56.3 Å². The van der Waals surface area contributed by atoms with Crippen molar-refractivity contribution in [3.05, 3.63) is 82.2 Å². The van der Waals surface area contributed by atoms with Crippen LogP contribution in [0.5, 0.6) is 5.75 Å². The van der Waals surface area contributed by atoms with Gasteiger partial charge in [-0.1, -0.05) is 17.4 Å². The summed E-state index contributed by atoms with van der Waals surface area (Å²) in [7, 11) is 0. The average molecular weight is 464 g/mol. The van der Waals surface area contributed by atoms with Gasteiger partial charge < -0.3 is 10.1 Å². The molecule has 2 N–H and O–H groups in total. The van der Waals surface area contributed by atoms with Gasteiger partial charge in [0.2, 0.25) is 0 Å². The molecule has 2 aromatic heterocycles. The number of rotatable bonds is 8. The summed E-state index contributed by atoms with van der Waals surface area (Å²) >= 11 is 1.30. The van der Waals surface area contributed by atoms with E-state index in [0.29, 0.717) is 17.4 Å². The second-order valence-electron chi connectivity index (χ2n) is 7.15. The third kappa shape index (κ3) is 5.07. The first-order chi connectivity index (χ1) is 15.9. The first-order valence-corrected chi connectivity index (χ1v) is 11.1. The Hall–Kier alpha value is -4.05. The molecule has 0 aliphatic rings. The number of fused-ring (bicyclic) bond motifs is 1. The maximum atomic E-state index is 12.8. The highest BCUT2D eigenvalue weighted by atomic mass is 32.1. The molecule has 2 heterocycles. The van der Waals surface area contributed by atoms with Gasteiger partial charge in [0.05, 0.1) is 33.5 Å². The van der Waals surface area contributed by atoms with Crippen molar-refractivity contribution in [1.29, 1.82) is 0 Å². The van der Waals surface area contributed by atoms with Gasteiger partial charge in [-0.25, -0.2) is 4.98 Å². The van der Waals surface area contributed by atoms with Crippen molar-refractivity contribution in [2.75, 3.05) is 17.2 Å². The van der Waals surface area contributed by atoms with Gasteiger partial charge in [0, 0.05) is 17.8 Å². The first-order valence-electron chi connectivity index (χ1n) is 10.2. The molecule has 1 unspecified atom stereocenters. The number of nitro groups is 1. The number of hydrogen-bond acceptors (Lipinski definition) is 8. The molecule has 10 heteroatoms. The molecule has 0 fully saturated rings. The Bertz CT molecular complexity index is 1310. The molecule has 0 aliphatic carbocycles. The van der Waals surface area contributed by atoms with Crippen LogP contribution in [0.3, 0.4) is 0 Å². The van der Waals surface area contributed by atoms with E-state index in [1.165, 1.54) is 29.5 Å². The van der Waals surface area contributed by atoms with E-state index in [4.69, 9.17) is 4.74 Å². The molecule has 168 valence electrons. The quantitative estimate of drug-likeness (QED) is 0.264. The predicted molar refractivity (Wildman–Crippen MR) is 128 cm³/mol. The van der Waals surface area contributed by atoms with Crippen molar-refractivity contribution in [3.63, 3.8) is 0 Å². The minimum Gasteiger partial charge on any atom is -0.494 e. The Kier molecular flexibility index (Phi) is 6.45. The standard InChI is InChI=1S/C23H21N5O4S/c1-3-32-16-8-10-19-21(13-16)33-23(26-19)27-22(29)15-7-9-18(20(12-15)28(30)31)25-14(2)17-6-4-5-11-24-17/h4-14,25H,3H2,1-2H3,(H,26,27,29). The number of carbonyl (C=O) groups excluding carboxylic acids is 1. The second-order valence-corrected chi connectivity index (χ2v) is 8.18. The molecule has 2 aromatic carbocycles. The third-order valence-corrected chi connectivity index (χ3v) is 5.79. The molecule has 4 aromatic rings. The van der Waals surface area contributed by atoms with Crippen molar-refractivity contribution in [2.24, 2.45) is 0 Å². The summed E-state index contributed by atoms with van der Waals surface area (Å²) in [4.78, 5) is 32.6. The van der Waals surface area contributed by atoms with Gasteiger partial charge >= 0.3 is 0 Å². The molecule has 0 saturated heterocycles. The highest BCUT2D eigenvalue weighted by Crippen LogP contribution is 2.31. The zero-order valence-electron chi connectivity index (χ0n) is 17.9. The lowest BCUT2D eigenvalue weighted by Crippen LogP contribution is -2.13. The number of aromatic nitrogens is 2. The zero-order chi connectivity index (χ0) is 23.4. The smallest absolute Gasteiger partial charge is 0.293 e. The van der Waals surface area contributed by atoms with E-state index < -0.39 is 10.8 Å². The number of hydrogen-bond donors (Lipinski definition) is 2. The molecule has 1 amide bonds. The normalized spacial score (nSPS) is 11.7. The molecule has 0 bridgehead atoms. The van der Waals surface area contributed by atoms with Crippen molar-refractivity contribution < 1.29 is 14.5 Å². The number of benzene rings is 2. The van der Waals surface area contributed by atoms with Crippen LogP contribution in [0.1, 0.15) is 35.9 Å². The van der Waals surface area contributed by atoms with Crippen LogP contribution in [0.2, 0.25) is 0 Å². The summed E-state index contributed by atoms with van der Waals surface area (Å²) in [5.41, 5.74) is 1.74. The second kappa shape index (κ2) is 9.61.